The van der Waals surface area contributed by atoms with E-state index in [1.54, 1.807) is 11.3 Å². The third-order valence-electron chi connectivity index (χ3n) is 19.1. The standard InChI is InChI=1S/C82H56N6S2/c1-81(2,3)49-37-41-69-59(43-49)60-44-63(82(4,5)6)72-57-29-15-21-35-71(57)90-80(72)77(60)88(69)78-74(85-64-30-16-10-24-50(64)51-25-11-17-31-65(51)85)61(45-83)73(62(46-84)75(78)86-66-32-18-12-26-52(66)53-27-13-19-33-67(53)86)87-68-40-36-48(47-22-8-7-9-23-47)42-58(68)55-38-39-56-54-28-14-20-34-70(54)89-79(56)76(55)87/h7-44H,1-6H3. The molecule has 0 aliphatic rings. The van der Waals surface area contributed by atoms with Gasteiger partial charge in [0, 0.05) is 74.0 Å². The molecule has 6 heterocycles. The molecule has 426 valence electrons. The van der Waals surface area contributed by atoms with Crippen molar-refractivity contribution in [2.24, 2.45) is 0 Å². The van der Waals surface area contributed by atoms with Gasteiger partial charge in [-0.2, -0.15) is 10.5 Å². The van der Waals surface area contributed by atoms with Gasteiger partial charge in [-0.3, -0.25) is 0 Å². The molecule has 0 atom stereocenters. The molecule has 0 fully saturated rings. The van der Waals surface area contributed by atoms with Crippen LogP contribution in [0, 0.1) is 22.7 Å². The average Bonchev–Trinajstić information content (AvgIpc) is 1.47. The van der Waals surface area contributed by atoms with Crippen LogP contribution in [0.25, 0.3) is 161 Å². The maximum Gasteiger partial charge on any atom is 0.104 e. The van der Waals surface area contributed by atoms with Crippen molar-refractivity contribution < 1.29 is 0 Å². The van der Waals surface area contributed by atoms with Gasteiger partial charge < -0.3 is 18.3 Å². The van der Waals surface area contributed by atoms with Gasteiger partial charge in [0.1, 0.15) is 23.3 Å². The molecule has 90 heavy (non-hydrogen) atoms. The van der Waals surface area contributed by atoms with Crippen molar-refractivity contribution in [3.63, 3.8) is 0 Å². The van der Waals surface area contributed by atoms with E-state index in [0.717, 1.165) is 124 Å². The fraction of sp³-hybridized carbons (Fsp3) is 0.0976. The van der Waals surface area contributed by atoms with E-state index in [2.05, 4.69) is 302 Å². The maximum atomic E-state index is 13.2. The van der Waals surface area contributed by atoms with E-state index in [1.165, 1.54) is 31.3 Å². The van der Waals surface area contributed by atoms with Crippen LogP contribution in [-0.2, 0) is 10.8 Å². The highest BCUT2D eigenvalue weighted by Gasteiger charge is 2.37. The third kappa shape index (κ3) is 7.17. The molecule has 0 bridgehead atoms. The van der Waals surface area contributed by atoms with E-state index in [-0.39, 0.29) is 10.8 Å². The van der Waals surface area contributed by atoms with Crippen molar-refractivity contribution in [1.29, 1.82) is 10.5 Å². The first-order chi connectivity index (χ1) is 43.9. The van der Waals surface area contributed by atoms with Gasteiger partial charge in [-0.05, 0) is 99.8 Å². The van der Waals surface area contributed by atoms with Crippen LogP contribution in [0.2, 0.25) is 0 Å². The fourth-order valence-corrected chi connectivity index (χ4v) is 17.6. The molecular formula is C82H56N6S2. The molecule has 6 aromatic heterocycles. The lowest BCUT2D eigenvalue weighted by atomic mass is 9.82. The Morgan fingerprint density at radius 2 is 0.756 bits per heavy atom. The zero-order chi connectivity index (χ0) is 60.6. The highest BCUT2D eigenvalue weighted by Crippen LogP contribution is 2.54. The number of benzene rings is 12. The lowest BCUT2D eigenvalue weighted by molar-refractivity contribution is 0.591. The van der Waals surface area contributed by atoms with Crippen LogP contribution in [0.4, 0.5) is 0 Å². The summed E-state index contributed by atoms with van der Waals surface area (Å²) in [6.07, 6.45) is 0. The molecular weight excluding hydrogens is 1130 g/mol. The van der Waals surface area contributed by atoms with Crippen molar-refractivity contribution in [2.75, 3.05) is 0 Å². The monoisotopic (exact) mass is 1190 g/mol. The molecule has 18 rings (SSSR count). The van der Waals surface area contributed by atoms with E-state index >= 15 is 0 Å². The lowest BCUT2D eigenvalue weighted by Gasteiger charge is -2.27. The topological polar surface area (TPSA) is 67.3 Å². The van der Waals surface area contributed by atoms with Gasteiger partial charge >= 0.3 is 0 Å². The Bertz CT molecular complexity index is 6000. The Kier molecular flexibility index (Phi) is 11.0. The molecule has 8 heteroatoms. The van der Waals surface area contributed by atoms with Crippen LogP contribution in [0.1, 0.15) is 63.8 Å². The van der Waals surface area contributed by atoms with E-state index < -0.39 is 0 Å². The first-order valence-electron chi connectivity index (χ1n) is 30.8. The summed E-state index contributed by atoms with van der Waals surface area (Å²) in [5.41, 5.74) is 15.2. The highest BCUT2D eigenvalue weighted by atomic mass is 32.1. The molecule has 0 radical (unpaired) electrons. The summed E-state index contributed by atoms with van der Waals surface area (Å²) in [5, 5.41) is 39.6. The molecule has 0 aliphatic heterocycles. The lowest BCUT2D eigenvalue weighted by Crippen LogP contribution is -2.17. The van der Waals surface area contributed by atoms with Crippen molar-refractivity contribution in [3.8, 4) is 46.0 Å². The third-order valence-corrected chi connectivity index (χ3v) is 21.5. The quantitative estimate of drug-likeness (QED) is 0.172. The minimum atomic E-state index is -0.248. The van der Waals surface area contributed by atoms with Gasteiger partial charge in [-0.1, -0.05) is 205 Å². The van der Waals surface area contributed by atoms with Gasteiger partial charge in [0.05, 0.1) is 76.3 Å². The van der Waals surface area contributed by atoms with Gasteiger partial charge in [-0.15, -0.1) is 22.7 Å². The van der Waals surface area contributed by atoms with Crippen LogP contribution in [-0.4, -0.2) is 18.3 Å². The highest BCUT2D eigenvalue weighted by molar-refractivity contribution is 7.27. The summed E-state index contributed by atoms with van der Waals surface area (Å²) < 4.78 is 14.1. The molecule has 0 spiro atoms. The first kappa shape index (κ1) is 52.4. The predicted octanol–water partition coefficient (Wildman–Crippen LogP) is 22.8. The fourth-order valence-electron chi connectivity index (χ4n) is 15.1. The zero-order valence-electron chi connectivity index (χ0n) is 50.4. The van der Waals surface area contributed by atoms with Gasteiger partial charge in [-0.25, -0.2) is 0 Å². The van der Waals surface area contributed by atoms with E-state index in [4.69, 9.17) is 0 Å². The summed E-state index contributed by atoms with van der Waals surface area (Å²) in [6, 6.07) is 89.5. The maximum absolute atomic E-state index is 13.2. The van der Waals surface area contributed by atoms with E-state index in [9.17, 15) is 10.5 Å². The molecule has 0 unspecified atom stereocenters. The Morgan fingerprint density at radius 3 is 1.31 bits per heavy atom. The second-order valence-corrected chi connectivity index (χ2v) is 28.3. The average molecular weight is 1190 g/mol. The smallest absolute Gasteiger partial charge is 0.104 e. The summed E-state index contributed by atoms with van der Waals surface area (Å²) in [5.74, 6) is 0. The molecule has 12 aromatic carbocycles. The SMILES string of the molecule is CC(C)(C)c1ccc2c(c1)c1cc(C(C)(C)C)c3c4ccccc4sc3c1n2-c1c(-n2c3ccccc3c3ccccc32)c(C#N)c(-n2c3ccc(-c4ccccc4)cc3c3ccc4c5ccccc5sc4c32)c(C#N)c1-n1c2ccccc2c2ccccc21. The minimum absolute atomic E-state index is 0.187. The number of nitrogens with zero attached hydrogens (tertiary/aromatic N) is 6. The predicted molar refractivity (Wildman–Crippen MR) is 382 cm³/mol. The van der Waals surface area contributed by atoms with Crippen LogP contribution >= 0.6 is 22.7 Å². The normalized spacial score (nSPS) is 12.5. The summed E-state index contributed by atoms with van der Waals surface area (Å²) >= 11 is 3.60. The number of para-hydroxylation sites is 4. The van der Waals surface area contributed by atoms with Gasteiger partial charge in [0.15, 0.2) is 0 Å². The molecule has 6 nitrogen and oxygen atoms in total. The van der Waals surface area contributed by atoms with Gasteiger partial charge in [0.2, 0.25) is 0 Å². The molecule has 0 saturated heterocycles. The number of hydrogen-bond acceptors (Lipinski definition) is 4. The molecule has 18 aromatic rings. The number of fused-ring (bicyclic) bond motifs is 20. The summed E-state index contributed by atoms with van der Waals surface area (Å²) in [4.78, 5) is 0. The summed E-state index contributed by atoms with van der Waals surface area (Å²) in [7, 11) is 0. The Hall–Kier alpha value is -10.7. The second kappa shape index (κ2) is 18.9. The van der Waals surface area contributed by atoms with Crippen molar-refractivity contribution in [2.45, 2.75) is 52.4 Å². The van der Waals surface area contributed by atoms with Gasteiger partial charge in [0.25, 0.3) is 0 Å². The number of nitriles is 2. The molecule has 0 N–H and O–H groups in total. The van der Waals surface area contributed by atoms with Crippen LogP contribution < -0.4 is 0 Å². The first-order valence-corrected chi connectivity index (χ1v) is 32.4. The molecule has 0 aliphatic carbocycles. The van der Waals surface area contributed by atoms with Crippen LogP contribution in [0.15, 0.2) is 231 Å². The number of thiophene rings is 2. The van der Waals surface area contributed by atoms with Crippen molar-refractivity contribution >= 4 is 150 Å². The largest absolute Gasteiger partial charge is 0.306 e. The summed E-state index contributed by atoms with van der Waals surface area (Å²) in [6.45, 7) is 13.9. The Balaban J connectivity index is 1.17. The van der Waals surface area contributed by atoms with E-state index in [1.807, 2.05) is 11.3 Å². The van der Waals surface area contributed by atoms with Crippen LogP contribution in [0.3, 0.4) is 0 Å². The zero-order valence-corrected chi connectivity index (χ0v) is 52.1. The van der Waals surface area contributed by atoms with Crippen molar-refractivity contribution in [1.82, 2.24) is 18.3 Å². The molecule has 0 amide bonds. The number of hydrogen-bond donors (Lipinski definition) is 0. The second-order valence-electron chi connectivity index (χ2n) is 26.2. The minimum Gasteiger partial charge on any atom is -0.306 e. The Morgan fingerprint density at radius 1 is 0.311 bits per heavy atom. The van der Waals surface area contributed by atoms with E-state index in [0.29, 0.717) is 28.2 Å². The number of rotatable bonds is 5. The molecule has 0 saturated carbocycles. The number of aromatic nitrogens is 4. The van der Waals surface area contributed by atoms with Crippen LogP contribution in [0.5, 0.6) is 0 Å². The Labute approximate surface area is 526 Å². The van der Waals surface area contributed by atoms with Crippen molar-refractivity contribution in [3.05, 3.63) is 253 Å².